The first kappa shape index (κ1) is 10.5. The van der Waals surface area contributed by atoms with Crippen LogP contribution in [-0.4, -0.2) is 13.1 Å². The van der Waals surface area contributed by atoms with Gasteiger partial charge in [-0.15, -0.1) is 0 Å². The summed E-state index contributed by atoms with van der Waals surface area (Å²) < 4.78 is 0. The number of rotatable bonds is 3. The third-order valence-electron chi connectivity index (χ3n) is 3.24. The van der Waals surface area contributed by atoms with E-state index in [0.717, 1.165) is 0 Å². The van der Waals surface area contributed by atoms with Crippen molar-refractivity contribution in [2.45, 2.75) is 39.5 Å². The Labute approximate surface area is 93.1 Å². The topological polar surface area (TPSA) is 3.24 Å². The van der Waals surface area contributed by atoms with E-state index < -0.39 is 0 Å². The van der Waals surface area contributed by atoms with Crippen molar-refractivity contribution in [1.29, 1.82) is 0 Å². The molecule has 1 aliphatic rings. The Morgan fingerprint density at radius 2 is 2.20 bits per heavy atom. The van der Waals surface area contributed by atoms with Crippen LogP contribution in [0.15, 0.2) is 18.2 Å². The fourth-order valence-corrected chi connectivity index (χ4v) is 2.34. The van der Waals surface area contributed by atoms with Crippen LogP contribution in [0.25, 0.3) is 0 Å². The van der Waals surface area contributed by atoms with Crippen molar-refractivity contribution in [2.24, 2.45) is 0 Å². The van der Waals surface area contributed by atoms with Gasteiger partial charge in [-0.2, -0.15) is 0 Å². The molecule has 1 heterocycles. The number of anilines is 1. The second-order valence-corrected chi connectivity index (χ2v) is 4.58. The molecule has 0 bridgehead atoms. The lowest BCUT2D eigenvalue weighted by Crippen LogP contribution is -2.30. The minimum atomic E-state index is 1.23. The highest BCUT2D eigenvalue weighted by molar-refractivity contribution is 5.57. The monoisotopic (exact) mass is 203 g/mol. The van der Waals surface area contributed by atoms with Gasteiger partial charge >= 0.3 is 0 Å². The highest BCUT2D eigenvalue weighted by Crippen LogP contribution is 2.28. The van der Waals surface area contributed by atoms with Gasteiger partial charge in [-0.3, -0.25) is 0 Å². The smallest absolute Gasteiger partial charge is 0.0401 e. The van der Waals surface area contributed by atoms with Gasteiger partial charge in [0.1, 0.15) is 0 Å². The third kappa shape index (κ3) is 2.34. The number of hydrogen-bond acceptors (Lipinski definition) is 1. The predicted octanol–water partition coefficient (Wildman–Crippen LogP) is 3.55. The fourth-order valence-electron chi connectivity index (χ4n) is 2.34. The summed E-state index contributed by atoms with van der Waals surface area (Å²) in [5, 5.41) is 0. The van der Waals surface area contributed by atoms with E-state index >= 15 is 0 Å². The normalized spacial score (nSPS) is 15.2. The lowest BCUT2D eigenvalue weighted by Gasteiger charge is -2.31. The standard InChI is InChI=1S/C14H21N/c1-3-4-9-15-10-5-6-13-8-7-12(2)11-14(13)15/h7-8,11H,3-6,9-10H2,1-2H3. The zero-order valence-electron chi connectivity index (χ0n) is 9.92. The Morgan fingerprint density at radius 1 is 1.33 bits per heavy atom. The molecule has 1 aromatic carbocycles. The molecule has 0 atom stereocenters. The maximum Gasteiger partial charge on any atom is 0.0401 e. The Hall–Kier alpha value is -0.980. The zero-order chi connectivity index (χ0) is 10.7. The quantitative estimate of drug-likeness (QED) is 0.726. The lowest BCUT2D eigenvalue weighted by atomic mass is 9.99. The Kier molecular flexibility index (Phi) is 3.30. The number of hydrogen-bond donors (Lipinski definition) is 0. The molecule has 1 heteroatoms. The Bertz CT molecular complexity index is 330. The molecule has 0 spiro atoms. The van der Waals surface area contributed by atoms with Gasteiger partial charge in [-0.05, 0) is 43.4 Å². The van der Waals surface area contributed by atoms with Crippen LogP contribution >= 0.6 is 0 Å². The maximum atomic E-state index is 2.56. The largest absolute Gasteiger partial charge is 0.371 e. The van der Waals surface area contributed by atoms with Gasteiger partial charge < -0.3 is 4.90 Å². The van der Waals surface area contributed by atoms with E-state index in [2.05, 4.69) is 36.9 Å². The Morgan fingerprint density at radius 3 is 3.00 bits per heavy atom. The van der Waals surface area contributed by atoms with Crippen LogP contribution in [0.1, 0.15) is 37.3 Å². The summed E-state index contributed by atoms with van der Waals surface area (Å²) in [5.41, 5.74) is 4.43. The molecule has 0 radical (unpaired) electrons. The first-order chi connectivity index (χ1) is 7.31. The van der Waals surface area contributed by atoms with Gasteiger partial charge in [0.05, 0.1) is 0 Å². The molecule has 82 valence electrons. The van der Waals surface area contributed by atoms with Crippen LogP contribution in [0.5, 0.6) is 0 Å². The third-order valence-corrected chi connectivity index (χ3v) is 3.24. The number of unbranched alkanes of at least 4 members (excludes halogenated alkanes) is 1. The van der Waals surface area contributed by atoms with E-state index in [1.807, 2.05) is 0 Å². The van der Waals surface area contributed by atoms with Crippen molar-refractivity contribution >= 4 is 5.69 Å². The van der Waals surface area contributed by atoms with Crippen molar-refractivity contribution < 1.29 is 0 Å². The van der Waals surface area contributed by atoms with Crippen LogP contribution in [0, 0.1) is 6.92 Å². The van der Waals surface area contributed by atoms with E-state index in [-0.39, 0.29) is 0 Å². The van der Waals surface area contributed by atoms with Crippen molar-refractivity contribution in [2.75, 3.05) is 18.0 Å². The summed E-state index contributed by atoms with van der Waals surface area (Å²) in [6.07, 6.45) is 5.18. The van der Waals surface area contributed by atoms with Crippen LogP contribution in [0.4, 0.5) is 5.69 Å². The van der Waals surface area contributed by atoms with Crippen molar-refractivity contribution in [3.8, 4) is 0 Å². The molecule has 0 saturated heterocycles. The van der Waals surface area contributed by atoms with E-state index in [4.69, 9.17) is 0 Å². The summed E-state index contributed by atoms with van der Waals surface area (Å²) in [6.45, 7) is 6.93. The molecular weight excluding hydrogens is 182 g/mol. The molecule has 0 amide bonds. The molecule has 1 nitrogen and oxygen atoms in total. The minimum absolute atomic E-state index is 1.23. The molecule has 15 heavy (non-hydrogen) atoms. The Balaban J connectivity index is 2.20. The number of benzene rings is 1. The zero-order valence-corrected chi connectivity index (χ0v) is 9.92. The van der Waals surface area contributed by atoms with Gasteiger partial charge in [-0.1, -0.05) is 25.5 Å². The van der Waals surface area contributed by atoms with E-state index in [0.29, 0.717) is 0 Å². The fraction of sp³-hybridized carbons (Fsp3) is 0.571. The summed E-state index contributed by atoms with van der Waals surface area (Å²) in [4.78, 5) is 2.56. The molecule has 2 rings (SSSR count). The molecule has 1 aliphatic heterocycles. The van der Waals surface area contributed by atoms with Crippen LogP contribution < -0.4 is 4.90 Å². The summed E-state index contributed by atoms with van der Waals surface area (Å²) in [5.74, 6) is 0. The first-order valence-electron chi connectivity index (χ1n) is 6.15. The summed E-state index contributed by atoms with van der Waals surface area (Å²) in [6, 6.07) is 6.90. The molecule has 0 saturated carbocycles. The van der Waals surface area contributed by atoms with E-state index in [1.165, 1.54) is 50.0 Å². The van der Waals surface area contributed by atoms with E-state index in [1.54, 1.807) is 5.56 Å². The van der Waals surface area contributed by atoms with Crippen molar-refractivity contribution in [1.82, 2.24) is 0 Å². The summed E-state index contributed by atoms with van der Waals surface area (Å²) in [7, 11) is 0. The number of aryl methyl sites for hydroxylation is 2. The lowest BCUT2D eigenvalue weighted by molar-refractivity contribution is 0.658. The molecule has 0 aromatic heterocycles. The number of nitrogens with zero attached hydrogens (tertiary/aromatic N) is 1. The average molecular weight is 203 g/mol. The average Bonchev–Trinajstić information content (AvgIpc) is 2.26. The molecule has 1 aromatic rings. The van der Waals surface area contributed by atoms with Crippen LogP contribution in [0.2, 0.25) is 0 Å². The molecule has 0 fully saturated rings. The minimum Gasteiger partial charge on any atom is -0.371 e. The van der Waals surface area contributed by atoms with Crippen molar-refractivity contribution in [3.05, 3.63) is 29.3 Å². The van der Waals surface area contributed by atoms with Crippen molar-refractivity contribution in [3.63, 3.8) is 0 Å². The van der Waals surface area contributed by atoms with Gasteiger partial charge in [0, 0.05) is 18.8 Å². The van der Waals surface area contributed by atoms with Gasteiger partial charge in [0.25, 0.3) is 0 Å². The van der Waals surface area contributed by atoms with Crippen LogP contribution in [0.3, 0.4) is 0 Å². The summed E-state index contributed by atoms with van der Waals surface area (Å²) >= 11 is 0. The second-order valence-electron chi connectivity index (χ2n) is 4.58. The SMILES string of the molecule is CCCCN1CCCc2ccc(C)cc21. The van der Waals surface area contributed by atoms with Gasteiger partial charge in [-0.25, -0.2) is 0 Å². The van der Waals surface area contributed by atoms with Crippen LogP contribution in [-0.2, 0) is 6.42 Å². The molecule has 0 N–H and O–H groups in total. The molecular formula is C14H21N. The highest BCUT2D eigenvalue weighted by Gasteiger charge is 2.15. The molecule has 0 unspecified atom stereocenters. The van der Waals surface area contributed by atoms with E-state index in [9.17, 15) is 0 Å². The first-order valence-corrected chi connectivity index (χ1v) is 6.15. The van der Waals surface area contributed by atoms with Gasteiger partial charge in [0.15, 0.2) is 0 Å². The molecule has 0 aliphatic carbocycles. The van der Waals surface area contributed by atoms with Gasteiger partial charge in [0.2, 0.25) is 0 Å². The second kappa shape index (κ2) is 4.69. The highest BCUT2D eigenvalue weighted by atomic mass is 15.1. The predicted molar refractivity (Wildman–Crippen MR) is 66.6 cm³/mol. The maximum absolute atomic E-state index is 2.56. The number of fused-ring (bicyclic) bond motifs is 1.